The highest BCUT2D eigenvalue weighted by Crippen LogP contribution is 2.30. The first-order chi connectivity index (χ1) is 8.38. The smallest absolute Gasteiger partial charge is 0.240 e. The van der Waals surface area contributed by atoms with Gasteiger partial charge in [0.05, 0.1) is 5.39 Å². The summed E-state index contributed by atoms with van der Waals surface area (Å²) in [7, 11) is 0. The van der Waals surface area contributed by atoms with E-state index in [1.54, 1.807) is 11.3 Å². The van der Waals surface area contributed by atoms with Gasteiger partial charge < -0.3 is 4.90 Å². The molecule has 0 spiro atoms. The van der Waals surface area contributed by atoms with Gasteiger partial charge in [0.15, 0.2) is 0 Å². The molecule has 17 heavy (non-hydrogen) atoms. The Hall–Kier alpha value is -1.05. The van der Waals surface area contributed by atoms with E-state index in [2.05, 4.69) is 26.4 Å². The van der Waals surface area contributed by atoms with Crippen molar-refractivity contribution in [2.45, 2.75) is 0 Å². The van der Waals surface area contributed by atoms with Crippen LogP contribution in [0.5, 0.6) is 0 Å². The van der Waals surface area contributed by atoms with E-state index in [1.807, 2.05) is 17.1 Å². The second-order valence-corrected chi connectivity index (χ2v) is 5.87. The van der Waals surface area contributed by atoms with Gasteiger partial charge in [-0.05, 0) is 11.4 Å². The van der Waals surface area contributed by atoms with E-state index in [4.69, 9.17) is 5.84 Å². The molecule has 1 saturated heterocycles. The Morgan fingerprint density at radius 2 is 2.12 bits per heavy atom. The largest absolute Gasteiger partial charge is 0.354 e. The van der Waals surface area contributed by atoms with Crippen molar-refractivity contribution in [3.63, 3.8) is 0 Å². The van der Waals surface area contributed by atoms with E-state index >= 15 is 0 Å². The van der Waals surface area contributed by atoms with Gasteiger partial charge in [-0.1, -0.05) is 0 Å². The lowest BCUT2D eigenvalue weighted by Gasteiger charge is -2.28. The first kappa shape index (κ1) is 11.1. The number of nitrogens with zero attached hydrogens (tertiary/aromatic N) is 3. The van der Waals surface area contributed by atoms with Gasteiger partial charge in [0, 0.05) is 24.6 Å². The zero-order valence-electron chi connectivity index (χ0n) is 9.22. The Kier molecular flexibility index (Phi) is 3.04. The Morgan fingerprint density at radius 3 is 2.88 bits per heavy atom. The molecular weight excluding hydrogens is 254 g/mol. The third-order valence-corrected chi connectivity index (χ3v) is 4.49. The topological polar surface area (TPSA) is 67.1 Å². The monoisotopic (exact) mass is 267 g/mol. The second kappa shape index (κ2) is 4.67. The van der Waals surface area contributed by atoms with Crippen molar-refractivity contribution in [2.24, 2.45) is 5.84 Å². The van der Waals surface area contributed by atoms with Crippen molar-refractivity contribution in [3.8, 4) is 0 Å². The fourth-order valence-corrected chi connectivity index (χ4v) is 3.58. The zero-order valence-corrected chi connectivity index (χ0v) is 10.9. The molecule has 2 aromatic rings. The van der Waals surface area contributed by atoms with Crippen molar-refractivity contribution in [2.75, 3.05) is 34.9 Å². The molecule has 0 amide bonds. The summed E-state index contributed by atoms with van der Waals surface area (Å²) in [5.74, 6) is 9.22. The number of anilines is 2. The maximum absolute atomic E-state index is 5.42. The lowest BCUT2D eigenvalue weighted by molar-refractivity contribution is 0.842. The third kappa shape index (κ3) is 2.05. The van der Waals surface area contributed by atoms with Gasteiger partial charge in [-0.2, -0.15) is 16.7 Å². The number of hydrazine groups is 1. The predicted molar refractivity (Wildman–Crippen MR) is 74.8 cm³/mol. The maximum atomic E-state index is 5.42. The minimum Gasteiger partial charge on any atom is -0.354 e. The molecule has 1 aliphatic rings. The minimum absolute atomic E-state index is 0.494. The molecule has 0 aromatic carbocycles. The molecule has 0 radical (unpaired) electrons. The SMILES string of the molecule is NNc1nc(N2CCSCC2)c2ccsc2n1. The predicted octanol–water partition coefficient (Wildman–Crippen LogP) is 1.53. The molecule has 1 aliphatic heterocycles. The van der Waals surface area contributed by atoms with Crippen LogP contribution in [0.2, 0.25) is 0 Å². The van der Waals surface area contributed by atoms with Gasteiger partial charge in [-0.15, -0.1) is 11.3 Å². The summed E-state index contributed by atoms with van der Waals surface area (Å²) < 4.78 is 0. The number of rotatable bonds is 2. The Morgan fingerprint density at radius 1 is 1.29 bits per heavy atom. The number of thioether (sulfide) groups is 1. The summed E-state index contributed by atoms with van der Waals surface area (Å²) >= 11 is 3.60. The van der Waals surface area contributed by atoms with E-state index in [1.165, 1.54) is 0 Å². The van der Waals surface area contributed by atoms with Crippen LogP contribution >= 0.6 is 23.1 Å². The molecule has 3 N–H and O–H groups in total. The van der Waals surface area contributed by atoms with E-state index in [-0.39, 0.29) is 0 Å². The lowest BCUT2D eigenvalue weighted by Crippen LogP contribution is -2.33. The summed E-state index contributed by atoms with van der Waals surface area (Å²) in [6.07, 6.45) is 0. The van der Waals surface area contributed by atoms with Crippen molar-refractivity contribution < 1.29 is 0 Å². The quantitative estimate of drug-likeness (QED) is 0.635. The van der Waals surface area contributed by atoms with Crippen LogP contribution < -0.4 is 16.2 Å². The number of fused-ring (bicyclic) bond motifs is 1. The van der Waals surface area contributed by atoms with Gasteiger partial charge in [-0.25, -0.2) is 10.8 Å². The summed E-state index contributed by atoms with van der Waals surface area (Å²) in [5.41, 5.74) is 2.54. The van der Waals surface area contributed by atoms with E-state index in [0.29, 0.717) is 5.95 Å². The van der Waals surface area contributed by atoms with E-state index < -0.39 is 0 Å². The molecule has 0 unspecified atom stereocenters. The number of nitrogen functional groups attached to an aromatic ring is 1. The highest BCUT2D eigenvalue weighted by atomic mass is 32.2. The van der Waals surface area contributed by atoms with Crippen molar-refractivity contribution >= 4 is 45.1 Å². The first-order valence-corrected chi connectivity index (χ1v) is 7.46. The van der Waals surface area contributed by atoms with E-state index in [9.17, 15) is 0 Å². The standard InChI is InChI=1S/C10H13N5S2/c11-14-10-12-8(15-2-5-16-6-3-15)7-1-4-17-9(7)13-10/h1,4H,2-3,5-6,11H2,(H,12,13,14). The van der Waals surface area contributed by atoms with Crippen molar-refractivity contribution in [3.05, 3.63) is 11.4 Å². The molecule has 1 fully saturated rings. The maximum Gasteiger partial charge on any atom is 0.240 e. The number of hydrogen-bond donors (Lipinski definition) is 2. The molecule has 3 heterocycles. The fourth-order valence-electron chi connectivity index (χ4n) is 1.92. The zero-order chi connectivity index (χ0) is 11.7. The number of hydrogen-bond acceptors (Lipinski definition) is 7. The van der Waals surface area contributed by atoms with Crippen LogP contribution in [0.1, 0.15) is 0 Å². The van der Waals surface area contributed by atoms with Crippen LogP contribution in [-0.4, -0.2) is 34.6 Å². The van der Waals surface area contributed by atoms with Crippen molar-refractivity contribution in [1.29, 1.82) is 0 Å². The highest BCUT2D eigenvalue weighted by molar-refractivity contribution is 7.99. The van der Waals surface area contributed by atoms with Gasteiger partial charge in [0.2, 0.25) is 5.95 Å². The summed E-state index contributed by atoms with van der Waals surface area (Å²) in [6.45, 7) is 2.08. The van der Waals surface area contributed by atoms with Gasteiger partial charge >= 0.3 is 0 Å². The molecule has 3 rings (SSSR count). The van der Waals surface area contributed by atoms with Crippen molar-refractivity contribution in [1.82, 2.24) is 9.97 Å². The average Bonchev–Trinajstić information content (AvgIpc) is 2.86. The Labute approximate surface area is 107 Å². The average molecular weight is 267 g/mol. The normalized spacial score (nSPS) is 16.4. The van der Waals surface area contributed by atoms with Crippen LogP contribution in [0.25, 0.3) is 10.2 Å². The Balaban J connectivity index is 2.08. The Bertz CT molecular complexity index is 520. The number of nitrogens with two attached hydrogens (primary N) is 1. The van der Waals surface area contributed by atoms with Gasteiger partial charge in [0.1, 0.15) is 10.6 Å². The number of aromatic nitrogens is 2. The molecule has 5 nitrogen and oxygen atoms in total. The minimum atomic E-state index is 0.494. The summed E-state index contributed by atoms with van der Waals surface area (Å²) in [4.78, 5) is 12.1. The lowest BCUT2D eigenvalue weighted by atomic mass is 10.3. The number of thiophene rings is 1. The van der Waals surface area contributed by atoms with Crippen LogP contribution in [0.3, 0.4) is 0 Å². The fraction of sp³-hybridized carbons (Fsp3) is 0.400. The van der Waals surface area contributed by atoms with Crippen LogP contribution in [-0.2, 0) is 0 Å². The van der Waals surface area contributed by atoms with Crippen LogP contribution in [0.15, 0.2) is 11.4 Å². The van der Waals surface area contributed by atoms with E-state index in [0.717, 1.165) is 40.6 Å². The molecular formula is C10H13N5S2. The van der Waals surface area contributed by atoms with Crippen LogP contribution in [0, 0.1) is 0 Å². The summed E-state index contributed by atoms with van der Waals surface area (Å²) in [5, 5.41) is 3.17. The van der Waals surface area contributed by atoms with Gasteiger partial charge in [-0.3, -0.25) is 5.43 Å². The van der Waals surface area contributed by atoms with Gasteiger partial charge in [0.25, 0.3) is 0 Å². The third-order valence-electron chi connectivity index (χ3n) is 2.74. The van der Waals surface area contributed by atoms with Crippen LogP contribution in [0.4, 0.5) is 11.8 Å². The molecule has 0 aliphatic carbocycles. The molecule has 0 saturated carbocycles. The molecule has 7 heteroatoms. The summed E-state index contributed by atoms with van der Waals surface area (Å²) in [6, 6.07) is 2.08. The molecule has 90 valence electrons. The molecule has 0 bridgehead atoms. The second-order valence-electron chi connectivity index (χ2n) is 3.75. The molecule has 2 aromatic heterocycles. The molecule has 0 atom stereocenters. The highest BCUT2D eigenvalue weighted by Gasteiger charge is 2.17. The number of nitrogens with one attached hydrogen (secondary N) is 1. The first-order valence-electron chi connectivity index (χ1n) is 5.43.